The molecule has 0 bridgehead atoms. The van der Waals surface area contributed by atoms with Crippen LogP contribution >= 0.6 is 11.6 Å². The highest BCUT2D eigenvalue weighted by Gasteiger charge is 2.15. The molecule has 0 aromatic heterocycles. The molecule has 120 valence electrons. The number of halogens is 1. The smallest absolute Gasteiger partial charge is 0.0469 e. The molecule has 0 saturated heterocycles. The van der Waals surface area contributed by atoms with Gasteiger partial charge in [-0.15, -0.1) is 0 Å². The van der Waals surface area contributed by atoms with Crippen molar-refractivity contribution in [1.82, 2.24) is 5.32 Å². The molecule has 0 amide bonds. The van der Waals surface area contributed by atoms with Crippen molar-refractivity contribution in [2.75, 3.05) is 19.8 Å². The van der Waals surface area contributed by atoms with E-state index in [1.54, 1.807) is 0 Å². The van der Waals surface area contributed by atoms with Gasteiger partial charge in [0.05, 0.1) is 0 Å². The SMILES string of the molecule is CCCOCCC(CNC(C)(C)C)Cc1cccc(Cl)c1. The molecular formula is C18H30ClNO. The summed E-state index contributed by atoms with van der Waals surface area (Å²) < 4.78 is 5.65. The fraction of sp³-hybridized carbons (Fsp3) is 0.667. The molecule has 21 heavy (non-hydrogen) atoms. The molecule has 3 heteroatoms. The molecule has 0 aliphatic heterocycles. The molecule has 0 radical (unpaired) electrons. The summed E-state index contributed by atoms with van der Waals surface area (Å²) in [5.41, 5.74) is 1.45. The fourth-order valence-corrected chi connectivity index (χ4v) is 2.43. The van der Waals surface area contributed by atoms with Gasteiger partial charge in [-0.2, -0.15) is 0 Å². The van der Waals surface area contributed by atoms with Crippen molar-refractivity contribution < 1.29 is 4.74 Å². The summed E-state index contributed by atoms with van der Waals surface area (Å²) in [6.07, 6.45) is 3.20. The molecule has 0 heterocycles. The molecular weight excluding hydrogens is 282 g/mol. The molecule has 1 aromatic rings. The van der Waals surface area contributed by atoms with Gasteiger partial charge in [0, 0.05) is 23.8 Å². The number of benzene rings is 1. The van der Waals surface area contributed by atoms with Gasteiger partial charge in [0.1, 0.15) is 0 Å². The van der Waals surface area contributed by atoms with E-state index in [2.05, 4.69) is 45.1 Å². The molecule has 1 atom stereocenters. The maximum Gasteiger partial charge on any atom is 0.0469 e. The van der Waals surface area contributed by atoms with Crippen molar-refractivity contribution in [2.45, 2.75) is 52.5 Å². The van der Waals surface area contributed by atoms with Crippen LogP contribution < -0.4 is 5.32 Å². The number of hydrogen-bond acceptors (Lipinski definition) is 2. The first kappa shape index (κ1) is 18.5. The van der Waals surface area contributed by atoms with Crippen LogP contribution in [0.5, 0.6) is 0 Å². The highest BCUT2D eigenvalue weighted by Crippen LogP contribution is 2.17. The van der Waals surface area contributed by atoms with E-state index in [1.807, 2.05) is 12.1 Å². The van der Waals surface area contributed by atoms with Crippen LogP contribution in [0.25, 0.3) is 0 Å². The van der Waals surface area contributed by atoms with Crippen molar-refractivity contribution >= 4 is 11.6 Å². The van der Waals surface area contributed by atoms with E-state index in [1.165, 1.54) is 5.56 Å². The molecule has 1 N–H and O–H groups in total. The number of nitrogens with one attached hydrogen (secondary N) is 1. The summed E-state index contributed by atoms with van der Waals surface area (Å²) in [4.78, 5) is 0. The van der Waals surface area contributed by atoms with Crippen molar-refractivity contribution in [3.63, 3.8) is 0 Å². The van der Waals surface area contributed by atoms with E-state index in [-0.39, 0.29) is 5.54 Å². The predicted octanol–water partition coefficient (Wildman–Crippen LogP) is 4.70. The molecule has 1 aromatic carbocycles. The van der Waals surface area contributed by atoms with E-state index < -0.39 is 0 Å². The van der Waals surface area contributed by atoms with Crippen LogP contribution in [0.3, 0.4) is 0 Å². The third kappa shape index (κ3) is 9.13. The van der Waals surface area contributed by atoms with Crippen LogP contribution in [-0.4, -0.2) is 25.3 Å². The average molecular weight is 312 g/mol. The molecule has 2 nitrogen and oxygen atoms in total. The van der Waals surface area contributed by atoms with Gasteiger partial charge in [-0.25, -0.2) is 0 Å². The van der Waals surface area contributed by atoms with Crippen LogP contribution in [0.4, 0.5) is 0 Å². The topological polar surface area (TPSA) is 21.3 Å². The Balaban J connectivity index is 2.53. The Kier molecular flexibility index (Phi) is 8.31. The zero-order chi connectivity index (χ0) is 15.7. The Bertz CT molecular complexity index is 400. The molecule has 0 saturated carbocycles. The van der Waals surface area contributed by atoms with Crippen LogP contribution in [0.2, 0.25) is 5.02 Å². The first-order valence-electron chi connectivity index (χ1n) is 7.98. The lowest BCUT2D eigenvalue weighted by Gasteiger charge is -2.25. The zero-order valence-electron chi connectivity index (χ0n) is 13.9. The standard InChI is InChI=1S/C18H30ClNO/c1-5-10-21-11-9-16(14-20-18(2,3)4)12-15-7-6-8-17(19)13-15/h6-8,13,16,20H,5,9-12,14H2,1-4H3. The summed E-state index contributed by atoms with van der Waals surface area (Å²) in [6, 6.07) is 8.18. The maximum atomic E-state index is 6.08. The summed E-state index contributed by atoms with van der Waals surface area (Å²) in [5.74, 6) is 0.569. The molecule has 0 aliphatic rings. The molecule has 0 aliphatic carbocycles. The van der Waals surface area contributed by atoms with Gasteiger partial charge >= 0.3 is 0 Å². The lowest BCUT2D eigenvalue weighted by Crippen LogP contribution is -2.39. The summed E-state index contributed by atoms with van der Waals surface area (Å²) in [6.45, 7) is 11.5. The molecule has 0 spiro atoms. The minimum absolute atomic E-state index is 0.150. The van der Waals surface area contributed by atoms with Crippen molar-refractivity contribution in [1.29, 1.82) is 0 Å². The monoisotopic (exact) mass is 311 g/mol. The second kappa shape index (κ2) is 9.45. The minimum atomic E-state index is 0.150. The largest absolute Gasteiger partial charge is 0.381 e. The first-order chi connectivity index (χ1) is 9.90. The normalized spacial score (nSPS) is 13.4. The lowest BCUT2D eigenvalue weighted by molar-refractivity contribution is 0.119. The van der Waals surface area contributed by atoms with E-state index in [4.69, 9.17) is 16.3 Å². The van der Waals surface area contributed by atoms with E-state index in [9.17, 15) is 0 Å². The van der Waals surface area contributed by atoms with Gasteiger partial charge in [-0.1, -0.05) is 30.7 Å². The molecule has 1 unspecified atom stereocenters. The first-order valence-corrected chi connectivity index (χ1v) is 8.35. The second-order valence-electron chi connectivity index (χ2n) is 6.73. The maximum absolute atomic E-state index is 6.08. The summed E-state index contributed by atoms with van der Waals surface area (Å²) >= 11 is 6.08. The number of ether oxygens (including phenoxy) is 1. The van der Waals surface area contributed by atoms with Gasteiger partial charge in [-0.05, 0) is 70.2 Å². The fourth-order valence-electron chi connectivity index (χ4n) is 2.22. The third-order valence-electron chi connectivity index (χ3n) is 3.35. The number of rotatable bonds is 9. The van der Waals surface area contributed by atoms with Crippen molar-refractivity contribution in [3.8, 4) is 0 Å². The summed E-state index contributed by atoms with van der Waals surface area (Å²) in [7, 11) is 0. The number of hydrogen-bond donors (Lipinski definition) is 1. The van der Waals surface area contributed by atoms with Crippen LogP contribution in [-0.2, 0) is 11.2 Å². The van der Waals surface area contributed by atoms with Gasteiger partial charge in [0.25, 0.3) is 0 Å². The highest BCUT2D eigenvalue weighted by molar-refractivity contribution is 6.30. The van der Waals surface area contributed by atoms with Gasteiger partial charge in [0.2, 0.25) is 0 Å². The lowest BCUT2D eigenvalue weighted by atomic mass is 9.95. The highest BCUT2D eigenvalue weighted by atomic mass is 35.5. The Labute approximate surface area is 135 Å². The zero-order valence-corrected chi connectivity index (χ0v) is 14.7. The van der Waals surface area contributed by atoms with Crippen LogP contribution in [0.15, 0.2) is 24.3 Å². The average Bonchev–Trinajstić information content (AvgIpc) is 2.40. The van der Waals surface area contributed by atoms with Gasteiger partial charge in [0.15, 0.2) is 0 Å². The van der Waals surface area contributed by atoms with Gasteiger partial charge in [-0.3, -0.25) is 0 Å². The van der Waals surface area contributed by atoms with Crippen LogP contribution in [0, 0.1) is 5.92 Å². The van der Waals surface area contributed by atoms with Crippen molar-refractivity contribution in [3.05, 3.63) is 34.9 Å². The Hall–Kier alpha value is -0.570. The predicted molar refractivity (Wildman–Crippen MR) is 92.1 cm³/mol. The quantitative estimate of drug-likeness (QED) is 0.667. The Morgan fingerprint density at radius 2 is 2.00 bits per heavy atom. The summed E-state index contributed by atoms with van der Waals surface area (Å²) in [5, 5.41) is 4.43. The van der Waals surface area contributed by atoms with E-state index >= 15 is 0 Å². The van der Waals surface area contributed by atoms with Gasteiger partial charge < -0.3 is 10.1 Å². The van der Waals surface area contributed by atoms with Crippen molar-refractivity contribution in [2.24, 2.45) is 5.92 Å². The van der Waals surface area contributed by atoms with E-state index in [0.29, 0.717) is 5.92 Å². The Morgan fingerprint density at radius 1 is 1.24 bits per heavy atom. The second-order valence-corrected chi connectivity index (χ2v) is 7.17. The third-order valence-corrected chi connectivity index (χ3v) is 3.59. The van der Waals surface area contributed by atoms with Crippen LogP contribution in [0.1, 0.15) is 46.1 Å². The Morgan fingerprint density at radius 3 is 2.62 bits per heavy atom. The van der Waals surface area contributed by atoms with E-state index in [0.717, 1.165) is 44.0 Å². The molecule has 0 fully saturated rings. The molecule has 1 rings (SSSR count). The minimum Gasteiger partial charge on any atom is -0.381 e.